The Morgan fingerprint density at radius 1 is 1.16 bits per heavy atom. The van der Waals surface area contributed by atoms with Gasteiger partial charge in [-0.05, 0) is 23.5 Å². The number of amides is 2. The average molecular weight is 258 g/mol. The first-order valence-electron chi connectivity index (χ1n) is 6.63. The van der Waals surface area contributed by atoms with E-state index in [9.17, 15) is 9.59 Å². The van der Waals surface area contributed by atoms with Crippen molar-refractivity contribution >= 4 is 17.5 Å². The summed E-state index contributed by atoms with van der Waals surface area (Å²) in [6.07, 6.45) is 0.629. The monoisotopic (exact) mass is 258 g/mol. The lowest BCUT2D eigenvalue weighted by atomic mass is 10.0. The molecule has 0 radical (unpaired) electrons. The molecule has 3 rings (SSSR count). The number of nitrogens with zero attached hydrogens (tertiary/aromatic N) is 1. The zero-order chi connectivity index (χ0) is 13.8. The third kappa shape index (κ3) is 1.66. The van der Waals surface area contributed by atoms with E-state index in [0.717, 1.165) is 5.56 Å². The molecule has 1 heterocycles. The number of carbonyl (C=O) groups excluding carboxylic acids is 2. The molecule has 19 heavy (non-hydrogen) atoms. The minimum atomic E-state index is -0.129. The molecule has 0 bridgehead atoms. The molecule has 1 aliphatic carbocycles. The molecule has 2 aliphatic rings. The fourth-order valence-corrected chi connectivity index (χ4v) is 3.22. The number of nitrogens with two attached hydrogens (primary N) is 1. The predicted molar refractivity (Wildman–Crippen MR) is 72.0 cm³/mol. The average Bonchev–Trinajstić information content (AvgIpc) is 2.82. The summed E-state index contributed by atoms with van der Waals surface area (Å²) >= 11 is 0. The topological polar surface area (TPSA) is 63.4 Å². The zero-order valence-corrected chi connectivity index (χ0v) is 11.2. The van der Waals surface area contributed by atoms with Crippen LogP contribution in [0.1, 0.15) is 19.4 Å². The van der Waals surface area contributed by atoms with Crippen molar-refractivity contribution in [2.75, 3.05) is 12.3 Å². The first-order chi connectivity index (χ1) is 8.94. The standard InChI is InChI=1S/C15H18N2O2/c1-15(2)11-12(15)14(19)17(13(11)18)8-7-9-5-3-4-6-10(9)16/h3-6,11-12H,7-8,16H2,1-2H3. The van der Waals surface area contributed by atoms with Crippen LogP contribution in [0.3, 0.4) is 0 Å². The molecular formula is C15H18N2O2. The van der Waals surface area contributed by atoms with E-state index in [2.05, 4.69) is 0 Å². The van der Waals surface area contributed by atoms with Gasteiger partial charge in [0.25, 0.3) is 0 Å². The van der Waals surface area contributed by atoms with Crippen molar-refractivity contribution < 1.29 is 9.59 Å². The number of imide groups is 1. The van der Waals surface area contributed by atoms with Gasteiger partial charge in [-0.15, -0.1) is 0 Å². The number of hydrogen-bond acceptors (Lipinski definition) is 3. The van der Waals surface area contributed by atoms with Crippen LogP contribution in [-0.2, 0) is 16.0 Å². The van der Waals surface area contributed by atoms with Gasteiger partial charge in [0.1, 0.15) is 0 Å². The molecule has 2 fully saturated rings. The van der Waals surface area contributed by atoms with Gasteiger partial charge >= 0.3 is 0 Å². The lowest BCUT2D eigenvalue weighted by Gasteiger charge is -2.20. The summed E-state index contributed by atoms with van der Waals surface area (Å²) in [5, 5.41) is 0. The number of anilines is 1. The summed E-state index contributed by atoms with van der Waals surface area (Å²) < 4.78 is 0. The van der Waals surface area contributed by atoms with E-state index >= 15 is 0 Å². The van der Waals surface area contributed by atoms with Gasteiger partial charge < -0.3 is 5.73 Å². The van der Waals surface area contributed by atoms with Gasteiger partial charge in [-0.2, -0.15) is 0 Å². The molecule has 2 unspecified atom stereocenters. The maximum atomic E-state index is 12.2. The summed E-state index contributed by atoms with van der Waals surface area (Å²) in [6, 6.07) is 7.57. The largest absolute Gasteiger partial charge is 0.399 e. The number of piperidine rings is 1. The molecule has 0 spiro atoms. The summed E-state index contributed by atoms with van der Waals surface area (Å²) in [6.45, 7) is 4.42. The van der Waals surface area contributed by atoms with Crippen LogP contribution < -0.4 is 5.73 Å². The number of para-hydroxylation sites is 1. The quantitative estimate of drug-likeness (QED) is 0.659. The Hall–Kier alpha value is -1.84. The number of fused-ring (bicyclic) bond motifs is 1. The van der Waals surface area contributed by atoms with Crippen molar-refractivity contribution in [3.05, 3.63) is 29.8 Å². The van der Waals surface area contributed by atoms with E-state index in [-0.39, 0.29) is 29.1 Å². The van der Waals surface area contributed by atoms with Crippen LogP contribution in [0.5, 0.6) is 0 Å². The molecule has 4 nitrogen and oxygen atoms in total. The molecular weight excluding hydrogens is 240 g/mol. The number of nitrogen functional groups attached to an aromatic ring is 1. The molecule has 1 saturated carbocycles. The maximum Gasteiger partial charge on any atom is 0.233 e. The van der Waals surface area contributed by atoms with Crippen molar-refractivity contribution in [3.63, 3.8) is 0 Å². The minimum Gasteiger partial charge on any atom is -0.399 e. The highest BCUT2D eigenvalue weighted by molar-refractivity contribution is 6.10. The number of benzene rings is 1. The highest BCUT2D eigenvalue weighted by Crippen LogP contribution is 2.63. The molecule has 4 heteroatoms. The third-order valence-electron chi connectivity index (χ3n) is 4.55. The SMILES string of the molecule is CC1(C)C2C(=O)N(CCc3ccccc3N)C(=O)C21. The number of likely N-dealkylation sites (tertiary alicyclic amines) is 1. The second-order valence-corrected chi connectivity index (χ2v) is 6.05. The molecule has 2 atom stereocenters. The Morgan fingerprint density at radius 2 is 1.74 bits per heavy atom. The van der Waals surface area contributed by atoms with Crippen LogP contribution in [0, 0.1) is 17.3 Å². The number of rotatable bonds is 3. The number of hydrogen-bond donors (Lipinski definition) is 1. The van der Waals surface area contributed by atoms with Crippen LogP contribution in [0.15, 0.2) is 24.3 Å². The van der Waals surface area contributed by atoms with Crippen molar-refractivity contribution in [2.45, 2.75) is 20.3 Å². The summed E-state index contributed by atoms with van der Waals surface area (Å²) in [5.74, 6) is -0.190. The van der Waals surface area contributed by atoms with Crippen molar-refractivity contribution in [1.82, 2.24) is 4.90 Å². The Bertz CT molecular complexity index is 541. The maximum absolute atomic E-state index is 12.2. The van der Waals surface area contributed by atoms with Gasteiger partial charge in [-0.1, -0.05) is 32.0 Å². The highest BCUT2D eigenvalue weighted by Gasteiger charge is 2.72. The summed E-state index contributed by atoms with van der Waals surface area (Å²) in [5.41, 5.74) is 7.44. The highest BCUT2D eigenvalue weighted by atomic mass is 16.2. The lowest BCUT2D eigenvalue weighted by Crippen LogP contribution is -2.37. The van der Waals surface area contributed by atoms with E-state index in [0.29, 0.717) is 18.7 Å². The van der Waals surface area contributed by atoms with E-state index in [4.69, 9.17) is 5.73 Å². The van der Waals surface area contributed by atoms with Gasteiger partial charge in [0.2, 0.25) is 11.8 Å². The second kappa shape index (κ2) is 3.83. The van der Waals surface area contributed by atoms with Gasteiger partial charge in [0, 0.05) is 12.2 Å². The normalized spacial score (nSPS) is 27.6. The lowest BCUT2D eigenvalue weighted by molar-refractivity contribution is -0.142. The van der Waals surface area contributed by atoms with E-state index < -0.39 is 0 Å². The van der Waals surface area contributed by atoms with Gasteiger partial charge in [-0.25, -0.2) is 0 Å². The molecule has 100 valence electrons. The zero-order valence-electron chi connectivity index (χ0n) is 11.2. The van der Waals surface area contributed by atoms with Crippen LogP contribution >= 0.6 is 0 Å². The molecule has 2 N–H and O–H groups in total. The van der Waals surface area contributed by atoms with Crippen molar-refractivity contribution in [1.29, 1.82) is 0 Å². The van der Waals surface area contributed by atoms with Crippen LogP contribution in [-0.4, -0.2) is 23.3 Å². The van der Waals surface area contributed by atoms with Crippen LogP contribution in [0.25, 0.3) is 0 Å². The minimum absolute atomic E-state index is 0.00509. The molecule has 1 aromatic carbocycles. The fourth-order valence-electron chi connectivity index (χ4n) is 3.22. The second-order valence-electron chi connectivity index (χ2n) is 6.05. The first-order valence-corrected chi connectivity index (χ1v) is 6.63. The van der Waals surface area contributed by atoms with Gasteiger partial charge in [-0.3, -0.25) is 14.5 Å². The van der Waals surface area contributed by atoms with E-state index in [1.54, 1.807) is 0 Å². The summed E-state index contributed by atoms with van der Waals surface area (Å²) in [7, 11) is 0. The Labute approximate surface area is 112 Å². The number of carbonyl (C=O) groups is 2. The molecule has 1 saturated heterocycles. The van der Waals surface area contributed by atoms with Crippen molar-refractivity contribution in [3.8, 4) is 0 Å². The van der Waals surface area contributed by atoms with Gasteiger partial charge in [0.05, 0.1) is 11.8 Å². The molecule has 2 amide bonds. The summed E-state index contributed by atoms with van der Waals surface area (Å²) in [4.78, 5) is 25.7. The van der Waals surface area contributed by atoms with Crippen LogP contribution in [0.4, 0.5) is 5.69 Å². The Kier molecular flexibility index (Phi) is 2.46. The fraction of sp³-hybridized carbons (Fsp3) is 0.467. The van der Waals surface area contributed by atoms with Crippen LogP contribution in [0.2, 0.25) is 0 Å². The first kappa shape index (κ1) is 12.2. The molecule has 1 aromatic rings. The third-order valence-corrected chi connectivity index (χ3v) is 4.55. The Balaban J connectivity index is 1.69. The predicted octanol–water partition coefficient (Wildman–Crippen LogP) is 1.45. The Morgan fingerprint density at radius 3 is 2.32 bits per heavy atom. The smallest absolute Gasteiger partial charge is 0.233 e. The van der Waals surface area contributed by atoms with Crippen molar-refractivity contribution in [2.24, 2.45) is 17.3 Å². The molecule has 0 aromatic heterocycles. The van der Waals surface area contributed by atoms with E-state index in [1.165, 1.54) is 4.90 Å². The van der Waals surface area contributed by atoms with E-state index in [1.807, 2.05) is 38.1 Å². The van der Waals surface area contributed by atoms with Gasteiger partial charge in [0.15, 0.2) is 0 Å². The molecule has 1 aliphatic heterocycles.